The van der Waals surface area contributed by atoms with Gasteiger partial charge in [-0.15, -0.1) is 36.2 Å². The Morgan fingerprint density at radius 3 is 2.91 bits per heavy atom. The van der Waals surface area contributed by atoms with Gasteiger partial charge in [0.25, 0.3) is 0 Å². The Morgan fingerprint density at radius 1 is 1.57 bits per heavy atom. The first-order valence-corrected chi connectivity index (χ1v) is 8.27. The molecule has 0 spiro atoms. The Balaban J connectivity index is 0.00000242. The predicted octanol–water partition coefficient (Wildman–Crippen LogP) is 2.06. The number of thiophene rings is 1. The molecule has 5 nitrogen and oxygen atoms in total. The summed E-state index contributed by atoms with van der Waals surface area (Å²) in [6, 6.07) is 4.07. The summed E-state index contributed by atoms with van der Waals surface area (Å²) in [4.78, 5) is 15.7. The van der Waals surface area contributed by atoms with E-state index in [9.17, 15) is 4.79 Å². The second-order valence-corrected chi connectivity index (χ2v) is 6.63. The lowest BCUT2D eigenvalue weighted by Crippen LogP contribution is -2.47. The van der Waals surface area contributed by atoms with E-state index in [-0.39, 0.29) is 37.3 Å². The Bertz CT molecular complexity index is 448. The van der Waals surface area contributed by atoms with Gasteiger partial charge in [0, 0.05) is 24.6 Å². The molecule has 1 aromatic heterocycles. The van der Waals surface area contributed by atoms with Crippen LogP contribution in [0.2, 0.25) is 0 Å². The molecule has 3 atom stereocenters. The minimum absolute atomic E-state index is 0. The van der Waals surface area contributed by atoms with Crippen molar-refractivity contribution in [2.24, 2.45) is 11.7 Å². The predicted molar refractivity (Wildman–Crippen MR) is 99.8 cm³/mol. The second kappa shape index (κ2) is 11.2. The SMILES string of the molecule is COCC(N)C(=O)NCC1CCCN(C)C1c1cccs1.Cl.Cl. The number of piperidine rings is 1. The fraction of sp³-hybridized carbons (Fsp3) is 0.667. The van der Waals surface area contributed by atoms with Gasteiger partial charge in [-0.2, -0.15) is 0 Å². The summed E-state index contributed by atoms with van der Waals surface area (Å²) >= 11 is 1.79. The van der Waals surface area contributed by atoms with Gasteiger partial charge in [0.1, 0.15) is 6.04 Å². The lowest BCUT2D eigenvalue weighted by atomic mass is 9.88. The number of nitrogens with two attached hydrogens (primary N) is 1. The van der Waals surface area contributed by atoms with Gasteiger partial charge in [-0.05, 0) is 43.8 Å². The molecule has 0 aromatic carbocycles. The molecule has 1 fully saturated rings. The lowest BCUT2D eigenvalue weighted by molar-refractivity contribution is -0.123. The maximum Gasteiger partial charge on any atom is 0.239 e. The summed E-state index contributed by atoms with van der Waals surface area (Å²) in [6.45, 7) is 2.03. The molecule has 3 N–H and O–H groups in total. The molecule has 1 amide bonds. The van der Waals surface area contributed by atoms with Crippen molar-refractivity contribution < 1.29 is 9.53 Å². The maximum absolute atomic E-state index is 11.9. The van der Waals surface area contributed by atoms with Crippen molar-refractivity contribution >= 4 is 42.1 Å². The first-order valence-electron chi connectivity index (χ1n) is 7.39. The van der Waals surface area contributed by atoms with Gasteiger partial charge in [0.15, 0.2) is 0 Å². The number of nitrogens with one attached hydrogen (secondary N) is 1. The average Bonchev–Trinajstić information content (AvgIpc) is 2.98. The van der Waals surface area contributed by atoms with Gasteiger partial charge in [0.05, 0.1) is 6.61 Å². The van der Waals surface area contributed by atoms with E-state index in [1.165, 1.54) is 11.3 Å². The zero-order chi connectivity index (χ0) is 15.2. The molecule has 8 heteroatoms. The van der Waals surface area contributed by atoms with Crippen LogP contribution in [0.1, 0.15) is 23.8 Å². The van der Waals surface area contributed by atoms with Crippen LogP contribution in [0.25, 0.3) is 0 Å². The normalized spacial score (nSPS) is 22.6. The molecule has 3 unspecified atom stereocenters. The molecule has 1 aromatic rings. The maximum atomic E-state index is 11.9. The van der Waals surface area contributed by atoms with Crippen LogP contribution in [-0.2, 0) is 9.53 Å². The largest absolute Gasteiger partial charge is 0.383 e. The third-order valence-corrected chi connectivity index (χ3v) is 5.01. The number of hydrogen-bond acceptors (Lipinski definition) is 5. The molecule has 134 valence electrons. The van der Waals surface area contributed by atoms with Crippen LogP contribution in [0.15, 0.2) is 17.5 Å². The quantitative estimate of drug-likeness (QED) is 0.788. The number of carbonyl (C=O) groups is 1. The van der Waals surface area contributed by atoms with Crippen molar-refractivity contribution in [2.75, 3.05) is 33.9 Å². The number of likely N-dealkylation sites (tertiary alicyclic amines) is 1. The minimum atomic E-state index is -0.587. The summed E-state index contributed by atoms with van der Waals surface area (Å²) < 4.78 is 4.92. The Labute approximate surface area is 154 Å². The van der Waals surface area contributed by atoms with Gasteiger partial charge in [-0.25, -0.2) is 0 Å². The third kappa shape index (κ3) is 6.21. The monoisotopic (exact) mass is 383 g/mol. The molecule has 0 bridgehead atoms. The van der Waals surface area contributed by atoms with Crippen LogP contribution in [-0.4, -0.2) is 50.7 Å². The molecule has 1 aliphatic heterocycles. The van der Waals surface area contributed by atoms with Gasteiger partial charge in [0.2, 0.25) is 5.91 Å². The Morgan fingerprint density at radius 2 is 2.30 bits per heavy atom. The molecule has 0 saturated carbocycles. The molecule has 1 saturated heterocycles. The Hall–Kier alpha value is -0.370. The van der Waals surface area contributed by atoms with Crippen LogP contribution in [0.5, 0.6) is 0 Å². The number of ether oxygens (including phenoxy) is 1. The second-order valence-electron chi connectivity index (χ2n) is 5.65. The molecular formula is C15H27Cl2N3O2S. The van der Waals surface area contributed by atoms with Crippen LogP contribution in [0, 0.1) is 5.92 Å². The smallest absolute Gasteiger partial charge is 0.239 e. The number of methoxy groups -OCH3 is 1. The van der Waals surface area contributed by atoms with Gasteiger partial charge >= 0.3 is 0 Å². The van der Waals surface area contributed by atoms with E-state index in [1.807, 2.05) is 0 Å². The van der Waals surface area contributed by atoms with Crippen molar-refractivity contribution in [3.8, 4) is 0 Å². The standard InChI is InChI=1S/C15H25N3O2S.2ClH/c1-18-7-3-5-11(14(18)13-6-4-8-21-13)9-17-15(19)12(16)10-20-2;;/h4,6,8,11-12,14H,3,5,7,9-10,16H2,1-2H3,(H,17,19);2*1H. The molecule has 1 aliphatic rings. The number of carbonyl (C=O) groups excluding carboxylic acids is 1. The highest BCUT2D eigenvalue weighted by Crippen LogP contribution is 2.36. The molecule has 23 heavy (non-hydrogen) atoms. The highest BCUT2D eigenvalue weighted by Gasteiger charge is 2.31. The van der Waals surface area contributed by atoms with Crippen LogP contribution < -0.4 is 11.1 Å². The lowest BCUT2D eigenvalue weighted by Gasteiger charge is -2.39. The zero-order valence-corrected chi connectivity index (χ0v) is 16.0. The van der Waals surface area contributed by atoms with Crippen molar-refractivity contribution in [2.45, 2.75) is 24.9 Å². The molecule has 0 radical (unpaired) electrons. The van der Waals surface area contributed by atoms with Crippen molar-refractivity contribution in [1.29, 1.82) is 0 Å². The van der Waals surface area contributed by atoms with E-state index in [2.05, 4.69) is 34.8 Å². The Kier molecular flexibility index (Phi) is 11.1. The molecule has 2 heterocycles. The van der Waals surface area contributed by atoms with Crippen molar-refractivity contribution in [3.63, 3.8) is 0 Å². The van der Waals surface area contributed by atoms with E-state index in [4.69, 9.17) is 10.5 Å². The van der Waals surface area contributed by atoms with E-state index in [0.717, 1.165) is 13.0 Å². The highest BCUT2D eigenvalue weighted by molar-refractivity contribution is 7.10. The van der Waals surface area contributed by atoms with Gasteiger partial charge in [-0.1, -0.05) is 6.07 Å². The molecule has 0 aliphatic carbocycles. The summed E-state index contributed by atoms with van der Waals surface area (Å²) in [7, 11) is 3.71. The average molecular weight is 384 g/mol. The van der Waals surface area contributed by atoms with Crippen molar-refractivity contribution in [3.05, 3.63) is 22.4 Å². The summed E-state index contributed by atoms with van der Waals surface area (Å²) in [5.74, 6) is 0.302. The van der Waals surface area contributed by atoms with Crippen LogP contribution in [0.3, 0.4) is 0 Å². The highest BCUT2D eigenvalue weighted by atomic mass is 35.5. The number of nitrogens with zero attached hydrogens (tertiary/aromatic N) is 1. The first kappa shape index (κ1) is 22.6. The van der Waals surface area contributed by atoms with E-state index in [1.54, 1.807) is 18.4 Å². The van der Waals surface area contributed by atoms with Crippen LogP contribution in [0.4, 0.5) is 0 Å². The zero-order valence-electron chi connectivity index (χ0n) is 13.6. The van der Waals surface area contributed by atoms with E-state index >= 15 is 0 Å². The first-order chi connectivity index (χ1) is 10.1. The van der Waals surface area contributed by atoms with E-state index < -0.39 is 6.04 Å². The summed E-state index contributed by atoms with van der Waals surface area (Å²) in [5, 5.41) is 5.10. The van der Waals surface area contributed by atoms with Crippen molar-refractivity contribution in [1.82, 2.24) is 10.2 Å². The molecule has 2 rings (SSSR count). The molecular weight excluding hydrogens is 357 g/mol. The minimum Gasteiger partial charge on any atom is -0.383 e. The summed E-state index contributed by atoms with van der Waals surface area (Å²) in [6.07, 6.45) is 2.30. The number of amides is 1. The van der Waals surface area contributed by atoms with E-state index in [0.29, 0.717) is 18.5 Å². The van der Waals surface area contributed by atoms with Gasteiger partial charge in [-0.3, -0.25) is 9.69 Å². The fourth-order valence-corrected chi connectivity index (χ4v) is 3.98. The number of halogens is 2. The topological polar surface area (TPSA) is 67.6 Å². The number of hydrogen-bond donors (Lipinski definition) is 2. The third-order valence-electron chi connectivity index (χ3n) is 4.06. The summed E-state index contributed by atoms with van der Waals surface area (Å²) in [5.41, 5.74) is 5.75. The van der Waals surface area contributed by atoms with Crippen LogP contribution >= 0.6 is 36.2 Å². The number of rotatable bonds is 6. The van der Waals surface area contributed by atoms with Gasteiger partial charge < -0.3 is 15.8 Å². The fourth-order valence-electron chi connectivity index (χ4n) is 3.00.